The third kappa shape index (κ3) is 4.20. The summed E-state index contributed by atoms with van der Waals surface area (Å²) < 4.78 is 12.8. The summed E-state index contributed by atoms with van der Waals surface area (Å²) in [6.45, 7) is 0.380. The van der Waals surface area contributed by atoms with Crippen molar-refractivity contribution in [2.75, 3.05) is 0 Å². The van der Waals surface area contributed by atoms with Crippen molar-refractivity contribution in [3.8, 4) is 11.3 Å². The molecule has 1 aromatic carbocycles. The summed E-state index contributed by atoms with van der Waals surface area (Å²) in [6.07, 6.45) is 3.69. The zero-order chi connectivity index (χ0) is 16.1. The van der Waals surface area contributed by atoms with E-state index in [1.807, 2.05) is 17.5 Å². The fourth-order valence-corrected chi connectivity index (χ4v) is 2.81. The number of hydrogen-bond acceptors (Lipinski definition) is 4. The van der Waals surface area contributed by atoms with Gasteiger partial charge in [-0.25, -0.2) is 9.37 Å². The number of carbonyl (C=O) groups is 1. The number of nitrogens with zero attached hydrogens (tertiary/aromatic N) is 2. The van der Waals surface area contributed by atoms with Gasteiger partial charge in [0.25, 0.3) is 0 Å². The number of aromatic nitrogens is 2. The molecule has 0 bridgehead atoms. The van der Waals surface area contributed by atoms with Gasteiger partial charge in [0.05, 0.1) is 18.7 Å². The second kappa shape index (κ2) is 7.11. The van der Waals surface area contributed by atoms with Crippen molar-refractivity contribution in [1.82, 2.24) is 15.3 Å². The molecule has 0 radical (unpaired) electrons. The molecular formula is C17H14FN3OS. The van der Waals surface area contributed by atoms with E-state index < -0.39 is 0 Å². The molecule has 2 heterocycles. The second-order valence-corrected chi connectivity index (χ2v) is 5.89. The van der Waals surface area contributed by atoms with Crippen LogP contribution in [0.5, 0.6) is 0 Å². The van der Waals surface area contributed by atoms with Gasteiger partial charge in [-0.1, -0.05) is 12.1 Å². The lowest BCUT2D eigenvalue weighted by Gasteiger charge is -2.03. The van der Waals surface area contributed by atoms with Crippen molar-refractivity contribution < 1.29 is 9.18 Å². The quantitative estimate of drug-likeness (QED) is 0.783. The molecule has 1 N–H and O–H groups in total. The minimum Gasteiger partial charge on any atom is -0.349 e. The Hall–Kier alpha value is -2.60. The number of rotatable bonds is 5. The maximum absolute atomic E-state index is 12.8. The van der Waals surface area contributed by atoms with Crippen LogP contribution in [0.15, 0.2) is 54.2 Å². The Balaban J connectivity index is 1.55. The Morgan fingerprint density at radius 3 is 2.78 bits per heavy atom. The predicted octanol–water partition coefficient (Wildman–Crippen LogP) is 3.20. The van der Waals surface area contributed by atoms with E-state index >= 15 is 0 Å². The van der Waals surface area contributed by atoms with E-state index in [4.69, 9.17) is 0 Å². The average Bonchev–Trinajstić information content (AvgIpc) is 3.05. The van der Waals surface area contributed by atoms with Crippen LogP contribution in [-0.2, 0) is 17.8 Å². The van der Waals surface area contributed by atoms with Gasteiger partial charge < -0.3 is 5.32 Å². The van der Waals surface area contributed by atoms with Crippen LogP contribution >= 0.6 is 11.3 Å². The highest BCUT2D eigenvalue weighted by molar-refractivity contribution is 7.09. The van der Waals surface area contributed by atoms with Crippen molar-refractivity contribution in [1.29, 1.82) is 0 Å². The number of carbonyl (C=O) groups excluding carboxylic acids is 1. The first-order valence-electron chi connectivity index (χ1n) is 7.06. The molecule has 0 spiro atoms. The third-order valence-electron chi connectivity index (χ3n) is 3.22. The van der Waals surface area contributed by atoms with Crippen molar-refractivity contribution >= 4 is 17.2 Å². The molecule has 0 fully saturated rings. The summed E-state index contributed by atoms with van der Waals surface area (Å²) in [5.41, 5.74) is 2.58. The molecule has 23 heavy (non-hydrogen) atoms. The van der Waals surface area contributed by atoms with Gasteiger partial charge in [-0.3, -0.25) is 9.78 Å². The Morgan fingerprint density at radius 1 is 1.22 bits per heavy atom. The van der Waals surface area contributed by atoms with E-state index in [1.54, 1.807) is 24.5 Å². The van der Waals surface area contributed by atoms with Crippen molar-refractivity contribution in [2.45, 2.75) is 13.0 Å². The summed E-state index contributed by atoms with van der Waals surface area (Å²) in [7, 11) is 0. The highest BCUT2D eigenvalue weighted by atomic mass is 32.1. The second-order valence-electron chi connectivity index (χ2n) is 4.95. The molecule has 3 rings (SSSR count). The number of thiazole rings is 1. The molecule has 0 unspecified atom stereocenters. The first kappa shape index (κ1) is 15.3. The Labute approximate surface area is 137 Å². The largest absolute Gasteiger partial charge is 0.349 e. The molecule has 1 amide bonds. The monoisotopic (exact) mass is 327 g/mol. The van der Waals surface area contributed by atoms with E-state index in [0.717, 1.165) is 21.8 Å². The number of hydrogen-bond donors (Lipinski definition) is 1. The number of pyridine rings is 1. The van der Waals surface area contributed by atoms with E-state index in [0.29, 0.717) is 6.54 Å². The minimum absolute atomic E-state index is 0.116. The van der Waals surface area contributed by atoms with Gasteiger partial charge in [0, 0.05) is 23.3 Å². The lowest BCUT2D eigenvalue weighted by atomic mass is 10.1. The lowest BCUT2D eigenvalue weighted by Crippen LogP contribution is -2.24. The molecule has 0 aliphatic rings. The highest BCUT2D eigenvalue weighted by Crippen LogP contribution is 2.20. The zero-order valence-electron chi connectivity index (χ0n) is 12.2. The Bertz CT molecular complexity index is 787. The van der Waals surface area contributed by atoms with Gasteiger partial charge in [0.2, 0.25) is 5.91 Å². The molecule has 4 nitrogen and oxygen atoms in total. The SMILES string of the molecule is O=C(Cc1ccc(F)cc1)NCc1nc(-c2cccnc2)cs1. The molecule has 0 saturated carbocycles. The molecule has 0 saturated heterocycles. The van der Waals surface area contributed by atoms with Crippen LogP contribution in [0.2, 0.25) is 0 Å². The van der Waals surface area contributed by atoms with Crippen LogP contribution in [0.4, 0.5) is 4.39 Å². The van der Waals surface area contributed by atoms with E-state index in [-0.39, 0.29) is 18.1 Å². The number of amides is 1. The molecular weight excluding hydrogens is 313 g/mol. The van der Waals surface area contributed by atoms with Crippen molar-refractivity contribution in [2.24, 2.45) is 0 Å². The standard InChI is InChI=1S/C17H14FN3OS/c18-14-5-3-12(4-6-14)8-16(22)20-10-17-21-15(11-23-17)13-2-1-7-19-9-13/h1-7,9,11H,8,10H2,(H,20,22). The summed E-state index contributed by atoms with van der Waals surface area (Å²) in [6, 6.07) is 9.72. The smallest absolute Gasteiger partial charge is 0.224 e. The summed E-state index contributed by atoms with van der Waals surface area (Å²) in [5, 5.41) is 5.60. The number of benzene rings is 1. The van der Waals surface area contributed by atoms with Gasteiger partial charge in [-0.15, -0.1) is 11.3 Å². The van der Waals surface area contributed by atoms with Gasteiger partial charge >= 0.3 is 0 Å². The van der Waals surface area contributed by atoms with Crippen LogP contribution in [0.1, 0.15) is 10.6 Å². The predicted molar refractivity (Wildman–Crippen MR) is 87.3 cm³/mol. The molecule has 0 atom stereocenters. The lowest BCUT2D eigenvalue weighted by molar-refractivity contribution is -0.120. The fourth-order valence-electron chi connectivity index (χ4n) is 2.06. The number of halogens is 1. The molecule has 2 aromatic heterocycles. The van der Waals surface area contributed by atoms with Gasteiger partial charge in [-0.05, 0) is 29.8 Å². The maximum atomic E-state index is 12.8. The Kier molecular flexibility index (Phi) is 4.73. The van der Waals surface area contributed by atoms with Crippen molar-refractivity contribution in [3.05, 3.63) is 70.6 Å². The van der Waals surface area contributed by atoms with Crippen molar-refractivity contribution in [3.63, 3.8) is 0 Å². The van der Waals surface area contributed by atoms with Gasteiger partial charge in [0.15, 0.2) is 0 Å². The summed E-state index contributed by atoms with van der Waals surface area (Å²) in [5.74, 6) is -0.422. The summed E-state index contributed by atoms with van der Waals surface area (Å²) in [4.78, 5) is 20.5. The Morgan fingerprint density at radius 2 is 2.04 bits per heavy atom. The van der Waals surface area contributed by atoms with E-state index in [2.05, 4.69) is 15.3 Å². The molecule has 0 aliphatic heterocycles. The normalized spacial score (nSPS) is 10.5. The summed E-state index contributed by atoms with van der Waals surface area (Å²) >= 11 is 1.49. The topological polar surface area (TPSA) is 54.9 Å². The number of nitrogens with one attached hydrogen (secondary N) is 1. The van der Waals surface area contributed by atoms with Crippen LogP contribution in [0, 0.1) is 5.82 Å². The zero-order valence-corrected chi connectivity index (χ0v) is 13.0. The van der Waals surface area contributed by atoms with Crippen LogP contribution < -0.4 is 5.32 Å². The maximum Gasteiger partial charge on any atom is 0.224 e. The van der Waals surface area contributed by atoms with E-state index in [9.17, 15) is 9.18 Å². The van der Waals surface area contributed by atoms with E-state index in [1.165, 1.54) is 23.5 Å². The molecule has 116 valence electrons. The molecule has 6 heteroatoms. The van der Waals surface area contributed by atoms with Crippen LogP contribution in [0.25, 0.3) is 11.3 Å². The molecule has 0 aliphatic carbocycles. The average molecular weight is 327 g/mol. The first-order chi connectivity index (χ1) is 11.2. The first-order valence-corrected chi connectivity index (χ1v) is 7.94. The van der Waals surface area contributed by atoms with Gasteiger partial charge in [0.1, 0.15) is 10.8 Å². The minimum atomic E-state index is -0.306. The fraction of sp³-hybridized carbons (Fsp3) is 0.118. The van der Waals surface area contributed by atoms with Crippen LogP contribution in [-0.4, -0.2) is 15.9 Å². The highest BCUT2D eigenvalue weighted by Gasteiger charge is 2.07. The van der Waals surface area contributed by atoms with Crippen LogP contribution in [0.3, 0.4) is 0 Å². The third-order valence-corrected chi connectivity index (χ3v) is 4.07. The van der Waals surface area contributed by atoms with Gasteiger partial charge in [-0.2, -0.15) is 0 Å². The molecule has 3 aromatic rings.